The van der Waals surface area contributed by atoms with E-state index in [4.69, 9.17) is 23.2 Å². The van der Waals surface area contributed by atoms with E-state index in [-0.39, 0.29) is 11.4 Å². The molecule has 1 aromatic heterocycles. The van der Waals surface area contributed by atoms with Crippen molar-refractivity contribution >= 4 is 29.0 Å². The molecule has 4 nitrogen and oxygen atoms in total. The third-order valence-corrected chi connectivity index (χ3v) is 4.26. The lowest BCUT2D eigenvalue weighted by Crippen LogP contribution is -2.25. The summed E-state index contributed by atoms with van der Waals surface area (Å²) in [5, 5.41) is 10.6. The van der Waals surface area contributed by atoms with Crippen molar-refractivity contribution in [2.75, 3.05) is 18.0 Å². The number of fused-ring (bicyclic) bond motifs is 1. The fraction of sp³-hybridized carbons (Fsp3) is 0.636. The molecule has 3 atom stereocenters. The normalized spacial score (nSPS) is 31.9. The van der Waals surface area contributed by atoms with Crippen LogP contribution in [0.15, 0.2) is 6.20 Å². The minimum absolute atomic E-state index is 0.180. The molecule has 0 aromatic carbocycles. The second kappa shape index (κ2) is 4.26. The first-order valence-electron chi connectivity index (χ1n) is 5.76. The Balaban J connectivity index is 1.85. The molecule has 3 rings (SSSR count). The topological polar surface area (TPSA) is 49.2 Å². The van der Waals surface area contributed by atoms with Gasteiger partial charge in [-0.3, -0.25) is 0 Å². The first kappa shape index (κ1) is 11.5. The average Bonchev–Trinajstić information content (AvgIpc) is 2.85. The summed E-state index contributed by atoms with van der Waals surface area (Å²) >= 11 is 11.9. The fourth-order valence-corrected chi connectivity index (χ4v) is 3.31. The molecule has 0 bridgehead atoms. The third kappa shape index (κ3) is 1.98. The van der Waals surface area contributed by atoms with E-state index in [0.29, 0.717) is 22.7 Å². The van der Waals surface area contributed by atoms with E-state index in [9.17, 15) is 5.11 Å². The minimum atomic E-state index is -0.180. The fourth-order valence-electron chi connectivity index (χ4n) is 2.97. The molecule has 1 aliphatic heterocycles. The van der Waals surface area contributed by atoms with E-state index in [1.165, 1.54) is 6.20 Å². The quantitative estimate of drug-likeness (QED) is 0.796. The zero-order valence-electron chi connectivity index (χ0n) is 9.18. The molecule has 2 heterocycles. The van der Waals surface area contributed by atoms with Crippen molar-refractivity contribution in [1.29, 1.82) is 0 Å². The number of hydrogen-bond donors (Lipinski definition) is 1. The Morgan fingerprint density at radius 1 is 1.29 bits per heavy atom. The van der Waals surface area contributed by atoms with Gasteiger partial charge in [0.2, 0.25) is 5.28 Å². The zero-order valence-corrected chi connectivity index (χ0v) is 10.7. The molecular weight excluding hydrogens is 261 g/mol. The molecule has 1 saturated heterocycles. The number of aromatic nitrogens is 2. The van der Waals surface area contributed by atoms with Gasteiger partial charge in [0.05, 0.1) is 12.3 Å². The van der Waals surface area contributed by atoms with Crippen LogP contribution < -0.4 is 4.90 Å². The first-order valence-corrected chi connectivity index (χ1v) is 6.52. The Morgan fingerprint density at radius 3 is 2.88 bits per heavy atom. The molecule has 0 amide bonds. The Morgan fingerprint density at radius 2 is 2.12 bits per heavy atom. The number of anilines is 1. The van der Waals surface area contributed by atoms with Gasteiger partial charge in [-0.25, -0.2) is 4.98 Å². The highest BCUT2D eigenvalue weighted by Gasteiger charge is 2.42. The number of rotatable bonds is 1. The van der Waals surface area contributed by atoms with Crippen molar-refractivity contribution in [3.8, 4) is 0 Å². The maximum atomic E-state index is 9.87. The Bertz CT molecular complexity index is 443. The Kier molecular flexibility index (Phi) is 2.89. The van der Waals surface area contributed by atoms with Crippen LogP contribution in [0.4, 0.5) is 5.82 Å². The lowest BCUT2D eigenvalue weighted by atomic mass is 10.00. The van der Waals surface area contributed by atoms with Gasteiger partial charge in [-0.2, -0.15) is 4.98 Å². The molecule has 6 heteroatoms. The predicted molar refractivity (Wildman–Crippen MR) is 66.5 cm³/mol. The van der Waals surface area contributed by atoms with Crippen LogP contribution in [0.5, 0.6) is 0 Å². The maximum absolute atomic E-state index is 9.87. The molecule has 3 unspecified atom stereocenters. The summed E-state index contributed by atoms with van der Waals surface area (Å²) < 4.78 is 0. The van der Waals surface area contributed by atoms with Crippen LogP contribution in [0.2, 0.25) is 10.3 Å². The standard InChI is InChI=1S/C11H13Cl2N3O/c12-8-3-14-11(13)15-10(8)16-4-6-1-2-9(17)7(6)5-16/h3,6-7,9,17H,1-2,4-5H2. The smallest absolute Gasteiger partial charge is 0.224 e. The van der Waals surface area contributed by atoms with Crippen LogP contribution in [-0.2, 0) is 0 Å². The molecule has 0 radical (unpaired) electrons. The van der Waals surface area contributed by atoms with Crippen molar-refractivity contribution in [2.24, 2.45) is 11.8 Å². The van der Waals surface area contributed by atoms with Gasteiger partial charge < -0.3 is 10.0 Å². The Hall–Kier alpha value is -0.580. The molecule has 1 aliphatic carbocycles. The predicted octanol–water partition coefficient (Wildman–Crippen LogP) is 1.99. The van der Waals surface area contributed by atoms with Crippen LogP contribution in [-0.4, -0.2) is 34.3 Å². The van der Waals surface area contributed by atoms with Crippen LogP contribution in [0.25, 0.3) is 0 Å². The Labute approximate surface area is 110 Å². The molecular formula is C11H13Cl2N3O. The highest BCUT2D eigenvalue weighted by Crippen LogP contribution is 2.40. The van der Waals surface area contributed by atoms with E-state index >= 15 is 0 Å². The van der Waals surface area contributed by atoms with E-state index in [1.807, 2.05) is 0 Å². The number of hydrogen-bond acceptors (Lipinski definition) is 4. The summed E-state index contributed by atoms with van der Waals surface area (Å²) in [4.78, 5) is 10.1. The van der Waals surface area contributed by atoms with Gasteiger partial charge >= 0.3 is 0 Å². The molecule has 0 spiro atoms. The maximum Gasteiger partial charge on any atom is 0.224 e. The zero-order chi connectivity index (χ0) is 12.0. The largest absolute Gasteiger partial charge is 0.393 e. The van der Waals surface area contributed by atoms with E-state index in [2.05, 4.69) is 14.9 Å². The minimum Gasteiger partial charge on any atom is -0.393 e. The highest BCUT2D eigenvalue weighted by molar-refractivity contribution is 6.33. The second-order valence-corrected chi connectivity index (χ2v) is 5.53. The molecule has 1 aromatic rings. The summed E-state index contributed by atoms with van der Waals surface area (Å²) in [6, 6.07) is 0. The van der Waals surface area contributed by atoms with Crippen molar-refractivity contribution in [1.82, 2.24) is 9.97 Å². The van der Waals surface area contributed by atoms with E-state index < -0.39 is 0 Å². The SMILES string of the molecule is OC1CCC2CN(c3nc(Cl)ncc3Cl)CC12. The van der Waals surface area contributed by atoms with E-state index in [1.54, 1.807) is 0 Å². The molecule has 92 valence electrons. The van der Waals surface area contributed by atoms with Gasteiger partial charge in [0.25, 0.3) is 0 Å². The van der Waals surface area contributed by atoms with Gasteiger partial charge in [0, 0.05) is 19.0 Å². The number of aliphatic hydroxyl groups is 1. The summed E-state index contributed by atoms with van der Waals surface area (Å²) in [7, 11) is 0. The molecule has 1 saturated carbocycles. The lowest BCUT2D eigenvalue weighted by Gasteiger charge is -2.20. The first-order chi connectivity index (χ1) is 8.15. The molecule has 2 fully saturated rings. The summed E-state index contributed by atoms with van der Waals surface area (Å²) in [5.41, 5.74) is 0. The van der Waals surface area contributed by atoms with E-state index in [0.717, 1.165) is 25.9 Å². The lowest BCUT2D eigenvalue weighted by molar-refractivity contribution is 0.133. The summed E-state index contributed by atoms with van der Waals surface area (Å²) in [5.74, 6) is 1.59. The van der Waals surface area contributed by atoms with Crippen molar-refractivity contribution in [2.45, 2.75) is 18.9 Å². The number of aliphatic hydroxyl groups excluding tert-OH is 1. The van der Waals surface area contributed by atoms with Gasteiger partial charge in [-0.15, -0.1) is 0 Å². The second-order valence-electron chi connectivity index (χ2n) is 4.78. The highest BCUT2D eigenvalue weighted by atomic mass is 35.5. The van der Waals surface area contributed by atoms with Gasteiger partial charge in [0.1, 0.15) is 5.02 Å². The van der Waals surface area contributed by atoms with Gasteiger partial charge in [-0.05, 0) is 30.4 Å². The van der Waals surface area contributed by atoms with Gasteiger partial charge in [0.15, 0.2) is 5.82 Å². The van der Waals surface area contributed by atoms with Gasteiger partial charge in [-0.1, -0.05) is 11.6 Å². The van der Waals surface area contributed by atoms with Crippen molar-refractivity contribution < 1.29 is 5.11 Å². The third-order valence-electron chi connectivity index (χ3n) is 3.81. The summed E-state index contributed by atoms with van der Waals surface area (Å²) in [6.07, 6.45) is 3.35. The van der Waals surface area contributed by atoms with Crippen LogP contribution >= 0.6 is 23.2 Å². The monoisotopic (exact) mass is 273 g/mol. The van der Waals surface area contributed by atoms with Crippen LogP contribution in [0.3, 0.4) is 0 Å². The van der Waals surface area contributed by atoms with Crippen LogP contribution in [0, 0.1) is 11.8 Å². The molecule has 1 N–H and O–H groups in total. The van der Waals surface area contributed by atoms with Crippen LogP contribution in [0.1, 0.15) is 12.8 Å². The average molecular weight is 274 g/mol. The molecule has 2 aliphatic rings. The number of halogens is 2. The van der Waals surface area contributed by atoms with Crippen molar-refractivity contribution in [3.63, 3.8) is 0 Å². The number of nitrogens with zero attached hydrogens (tertiary/aromatic N) is 3. The molecule has 17 heavy (non-hydrogen) atoms. The van der Waals surface area contributed by atoms with Crippen molar-refractivity contribution in [3.05, 3.63) is 16.5 Å². The summed E-state index contributed by atoms with van der Waals surface area (Å²) in [6.45, 7) is 1.70.